The van der Waals surface area contributed by atoms with Gasteiger partial charge in [0.2, 0.25) is 5.91 Å². The molecular weight excluding hydrogens is 348 g/mol. The van der Waals surface area contributed by atoms with Crippen molar-refractivity contribution in [1.82, 2.24) is 9.80 Å². The van der Waals surface area contributed by atoms with E-state index in [1.807, 2.05) is 43.3 Å². The molecule has 0 aliphatic rings. The first kappa shape index (κ1) is 22.8. The SMILES string of the molecule is CCOC(=O)CCN(CCN(C)C)C(=O)CCCOc1ccc(OC)cc1. The van der Waals surface area contributed by atoms with Crippen molar-refractivity contribution in [2.24, 2.45) is 0 Å². The van der Waals surface area contributed by atoms with Gasteiger partial charge in [0.1, 0.15) is 11.5 Å². The number of likely N-dealkylation sites (N-methyl/N-ethyl adjacent to an activating group) is 1. The summed E-state index contributed by atoms with van der Waals surface area (Å²) >= 11 is 0. The van der Waals surface area contributed by atoms with E-state index in [2.05, 4.69) is 0 Å². The molecule has 0 aromatic heterocycles. The van der Waals surface area contributed by atoms with Gasteiger partial charge in [-0.2, -0.15) is 0 Å². The third-order valence-corrected chi connectivity index (χ3v) is 3.92. The Morgan fingerprint density at radius 3 is 2.22 bits per heavy atom. The summed E-state index contributed by atoms with van der Waals surface area (Å²) in [6, 6.07) is 7.34. The molecule has 0 heterocycles. The van der Waals surface area contributed by atoms with Crippen molar-refractivity contribution in [3.63, 3.8) is 0 Å². The molecule has 27 heavy (non-hydrogen) atoms. The van der Waals surface area contributed by atoms with Crippen molar-refractivity contribution in [2.45, 2.75) is 26.2 Å². The summed E-state index contributed by atoms with van der Waals surface area (Å²) in [7, 11) is 5.53. The maximum atomic E-state index is 12.5. The largest absolute Gasteiger partial charge is 0.497 e. The van der Waals surface area contributed by atoms with Crippen LogP contribution in [0.3, 0.4) is 0 Å². The number of benzene rings is 1. The molecule has 1 amide bonds. The number of carbonyl (C=O) groups is 2. The van der Waals surface area contributed by atoms with Crippen LogP contribution in [0.1, 0.15) is 26.2 Å². The Balaban J connectivity index is 2.40. The van der Waals surface area contributed by atoms with Gasteiger partial charge in [-0.1, -0.05) is 0 Å². The number of carbonyl (C=O) groups excluding carboxylic acids is 2. The molecule has 1 aromatic carbocycles. The van der Waals surface area contributed by atoms with Gasteiger partial charge < -0.3 is 24.0 Å². The van der Waals surface area contributed by atoms with E-state index < -0.39 is 0 Å². The van der Waals surface area contributed by atoms with Gasteiger partial charge in [-0.3, -0.25) is 9.59 Å². The number of hydrogen-bond acceptors (Lipinski definition) is 6. The molecule has 0 aliphatic carbocycles. The van der Waals surface area contributed by atoms with Gasteiger partial charge in [0.05, 0.1) is 26.7 Å². The topological polar surface area (TPSA) is 68.3 Å². The standard InChI is InChI=1S/C20H32N2O5/c1-5-26-20(24)12-13-22(15-14-21(2)3)19(23)7-6-16-27-18-10-8-17(25-4)9-11-18/h8-11H,5-7,12-16H2,1-4H3. The van der Waals surface area contributed by atoms with Gasteiger partial charge >= 0.3 is 5.97 Å². The predicted octanol–water partition coefficient (Wildman–Crippen LogP) is 2.20. The second kappa shape index (κ2) is 13.0. The molecule has 1 aromatic rings. The summed E-state index contributed by atoms with van der Waals surface area (Å²) in [4.78, 5) is 27.8. The minimum absolute atomic E-state index is 0.0273. The maximum absolute atomic E-state index is 12.5. The molecule has 0 spiro atoms. The zero-order valence-electron chi connectivity index (χ0n) is 16.9. The van der Waals surface area contributed by atoms with E-state index in [1.165, 1.54) is 0 Å². The van der Waals surface area contributed by atoms with Crippen LogP contribution < -0.4 is 9.47 Å². The fourth-order valence-electron chi connectivity index (χ4n) is 2.38. The summed E-state index contributed by atoms with van der Waals surface area (Å²) < 4.78 is 15.7. The fraction of sp³-hybridized carbons (Fsp3) is 0.600. The number of rotatable bonds is 13. The van der Waals surface area contributed by atoms with Crippen LogP contribution in [-0.4, -0.2) is 75.7 Å². The molecule has 0 unspecified atom stereocenters. The van der Waals surface area contributed by atoms with Crippen molar-refractivity contribution >= 4 is 11.9 Å². The summed E-state index contributed by atoms with van der Waals surface area (Å²) in [5.74, 6) is 1.27. The molecule has 0 radical (unpaired) electrons. The fourth-order valence-corrected chi connectivity index (χ4v) is 2.38. The lowest BCUT2D eigenvalue weighted by Crippen LogP contribution is -2.38. The number of nitrogens with zero attached hydrogens (tertiary/aromatic N) is 2. The Hall–Kier alpha value is -2.28. The maximum Gasteiger partial charge on any atom is 0.307 e. The highest BCUT2D eigenvalue weighted by Crippen LogP contribution is 2.17. The highest BCUT2D eigenvalue weighted by molar-refractivity contribution is 5.77. The first-order valence-electron chi connectivity index (χ1n) is 9.31. The van der Waals surface area contributed by atoms with Crippen LogP contribution in [0.5, 0.6) is 11.5 Å². The van der Waals surface area contributed by atoms with Gasteiger partial charge in [-0.25, -0.2) is 0 Å². The van der Waals surface area contributed by atoms with Crippen molar-refractivity contribution in [3.8, 4) is 11.5 Å². The Kier molecular flexibility index (Phi) is 10.9. The molecule has 152 valence electrons. The van der Waals surface area contributed by atoms with Crippen LogP contribution in [0.2, 0.25) is 0 Å². The van der Waals surface area contributed by atoms with Gasteiger partial charge in [0, 0.05) is 26.1 Å². The van der Waals surface area contributed by atoms with Crippen LogP contribution in [0.25, 0.3) is 0 Å². The van der Waals surface area contributed by atoms with E-state index in [-0.39, 0.29) is 18.3 Å². The van der Waals surface area contributed by atoms with Crippen LogP contribution in [0.4, 0.5) is 0 Å². The molecule has 7 heteroatoms. The monoisotopic (exact) mass is 380 g/mol. The minimum atomic E-state index is -0.275. The molecule has 7 nitrogen and oxygen atoms in total. The molecule has 0 saturated heterocycles. The highest BCUT2D eigenvalue weighted by Gasteiger charge is 2.15. The van der Waals surface area contributed by atoms with Crippen LogP contribution in [-0.2, 0) is 14.3 Å². The summed E-state index contributed by atoms with van der Waals surface area (Å²) in [5.41, 5.74) is 0. The lowest BCUT2D eigenvalue weighted by Gasteiger charge is -2.24. The molecule has 0 N–H and O–H groups in total. The molecule has 0 bridgehead atoms. The Morgan fingerprint density at radius 2 is 1.63 bits per heavy atom. The van der Waals surface area contributed by atoms with Gasteiger partial charge in [-0.05, 0) is 51.7 Å². The van der Waals surface area contributed by atoms with Crippen LogP contribution in [0.15, 0.2) is 24.3 Å². The number of ether oxygens (including phenoxy) is 3. The molecule has 0 saturated carbocycles. The zero-order chi connectivity index (χ0) is 20.1. The molecular formula is C20H32N2O5. The van der Waals surface area contributed by atoms with E-state index in [4.69, 9.17) is 14.2 Å². The van der Waals surface area contributed by atoms with E-state index in [0.29, 0.717) is 39.1 Å². The smallest absolute Gasteiger partial charge is 0.307 e. The summed E-state index contributed by atoms with van der Waals surface area (Å²) in [6.45, 7) is 4.30. The Morgan fingerprint density at radius 1 is 0.963 bits per heavy atom. The van der Waals surface area contributed by atoms with E-state index in [0.717, 1.165) is 18.0 Å². The van der Waals surface area contributed by atoms with Crippen LogP contribution in [0, 0.1) is 0 Å². The number of amides is 1. The van der Waals surface area contributed by atoms with E-state index in [9.17, 15) is 9.59 Å². The van der Waals surface area contributed by atoms with Crippen molar-refractivity contribution < 1.29 is 23.8 Å². The second-order valence-corrected chi connectivity index (χ2v) is 6.37. The lowest BCUT2D eigenvalue weighted by atomic mass is 10.2. The first-order chi connectivity index (χ1) is 13.0. The molecule has 0 aliphatic heterocycles. The first-order valence-corrected chi connectivity index (χ1v) is 9.31. The minimum Gasteiger partial charge on any atom is -0.497 e. The zero-order valence-corrected chi connectivity index (χ0v) is 16.9. The summed E-state index contributed by atoms with van der Waals surface area (Å²) in [6.07, 6.45) is 1.21. The van der Waals surface area contributed by atoms with Crippen molar-refractivity contribution in [3.05, 3.63) is 24.3 Å². The third kappa shape index (κ3) is 9.84. The second-order valence-electron chi connectivity index (χ2n) is 6.37. The van der Waals surface area contributed by atoms with Crippen LogP contribution >= 0.6 is 0 Å². The summed E-state index contributed by atoms with van der Waals surface area (Å²) in [5, 5.41) is 0. The molecule has 0 fully saturated rings. The van der Waals surface area contributed by atoms with Gasteiger partial charge in [0.25, 0.3) is 0 Å². The average molecular weight is 380 g/mol. The lowest BCUT2D eigenvalue weighted by molar-refractivity contribution is -0.144. The molecule has 0 atom stereocenters. The quantitative estimate of drug-likeness (QED) is 0.386. The number of esters is 1. The van der Waals surface area contributed by atoms with E-state index in [1.54, 1.807) is 18.9 Å². The molecule has 1 rings (SSSR count). The van der Waals surface area contributed by atoms with Gasteiger partial charge in [-0.15, -0.1) is 0 Å². The third-order valence-electron chi connectivity index (χ3n) is 3.92. The normalized spacial score (nSPS) is 10.6. The van der Waals surface area contributed by atoms with Gasteiger partial charge in [0.15, 0.2) is 0 Å². The Labute approximate surface area is 162 Å². The van der Waals surface area contributed by atoms with Crippen molar-refractivity contribution in [1.29, 1.82) is 0 Å². The van der Waals surface area contributed by atoms with E-state index >= 15 is 0 Å². The highest BCUT2D eigenvalue weighted by atomic mass is 16.5. The Bertz CT molecular complexity index is 560. The number of hydrogen-bond donors (Lipinski definition) is 0. The number of methoxy groups -OCH3 is 1. The van der Waals surface area contributed by atoms with Crippen molar-refractivity contribution in [2.75, 3.05) is 54.1 Å². The average Bonchev–Trinajstić information content (AvgIpc) is 2.65. The predicted molar refractivity (Wildman–Crippen MR) is 104 cm³/mol.